The minimum absolute atomic E-state index is 0.106. The monoisotopic (exact) mass is 457 g/mol. The van der Waals surface area contributed by atoms with Gasteiger partial charge in [0.25, 0.3) is 5.91 Å². The molecule has 3 rings (SSSR count). The number of halogens is 1. The van der Waals surface area contributed by atoms with Crippen molar-refractivity contribution in [1.29, 1.82) is 0 Å². The van der Waals surface area contributed by atoms with Crippen LogP contribution in [0.2, 0.25) is 18.1 Å². The molecule has 0 aromatic heterocycles. The molecule has 0 fully saturated rings. The Morgan fingerprint density at radius 1 is 1.10 bits per heavy atom. The maximum atomic E-state index is 12.5. The summed E-state index contributed by atoms with van der Waals surface area (Å²) >= 11 is 6.59. The average Bonchev–Trinajstić information content (AvgIpc) is 3.01. The topological polar surface area (TPSA) is 75.6 Å². The maximum Gasteiger partial charge on any atom is 0.335 e. The molecule has 31 heavy (non-hydrogen) atoms. The van der Waals surface area contributed by atoms with E-state index in [2.05, 4.69) is 39.2 Å². The zero-order valence-electron chi connectivity index (χ0n) is 18.5. The summed E-state index contributed by atoms with van der Waals surface area (Å²) in [6.45, 7) is 11.8. The van der Waals surface area contributed by atoms with Crippen LogP contribution in [0.15, 0.2) is 42.5 Å². The van der Waals surface area contributed by atoms with Crippen LogP contribution in [0.25, 0.3) is 10.6 Å². The Morgan fingerprint density at radius 3 is 2.29 bits per heavy atom. The van der Waals surface area contributed by atoms with Crippen molar-refractivity contribution in [2.45, 2.75) is 45.3 Å². The highest BCUT2D eigenvalue weighted by Crippen LogP contribution is 2.39. The lowest BCUT2D eigenvalue weighted by atomic mass is 10.0. The second-order valence-electron chi connectivity index (χ2n) is 9.26. The number of anilines is 1. The highest BCUT2D eigenvalue weighted by atomic mass is 35.5. The fraction of sp³-hybridized carbons (Fsp3) is 0.333. The van der Waals surface area contributed by atoms with Crippen LogP contribution in [0.3, 0.4) is 0 Å². The van der Waals surface area contributed by atoms with Gasteiger partial charge in [-0.05, 0) is 53.9 Å². The minimum atomic E-state index is -1.77. The van der Waals surface area contributed by atoms with Crippen molar-refractivity contribution in [1.82, 2.24) is 0 Å². The SMILES string of the molecule is CC(C)(C)[Si](C)(C)OCCc1ccc(/C(Cl)=C2/C(=O)Nc3ccc(C(=O)O)cc32)cc1. The third-order valence-corrected chi connectivity index (χ3v) is 11.0. The molecule has 1 amide bonds. The van der Waals surface area contributed by atoms with Crippen LogP contribution in [-0.4, -0.2) is 31.9 Å². The van der Waals surface area contributed by atoms with Crippen molar-refractivity contribution in [3.05, 3.63) is 64.7 Å². The fourth-order valence-corrected chi connectivity index (χ4v) is 4.48. The normalized spacial score (nSPS) is 15.5. The predicted molar refractivity (Wildman–Crippen MR) is 128 cm³/mol. The van der Waals surface area contributed by atoms with Crippen molar-refractivity contribution in [3.8, 4) is 0 Å². The molecule has 164 valence electrons. The van der Waals surface area contributed by atoms with Crippen molar-refractivity contribution in [2.75, 3.05) is 11.9 Å². The number of carboxylic acids is 1. The number of hydrogen-bond acceptors (Lipinski definition) is 3. The molecule has 2 N–H and O–H groups in total. The number of hydrogen-bond donors (Lipinski definition) is 2. The summed E-state index contributed by atoms with van der Waals surface area (Å²) in [5, 5.41) is 12.5. The zero-order valence-corrected chi connectivity index (χ0v) is 20.3. The Morgan fingerprint density at radius 2 is 1.71 bits per heavy atom. The number of benzene rings is 2. The van der Waals surface area contributed by atoms with Crippen LogP contribution in [0.1, 0.15) is 47.8 Å². The van der Waals surface area contributed by atoms with Crippen LogP contribution in [0.5, 0.6) is 0 Å². The van der Waals surface area contributed by atoms with Gasteiger partial charge in [0.05, 0.1) is 16.2 Å². The van der Waals surface area contributed by atoms with Gasteiger partial charge >= 0.3 is 5.97 Å². The summed E-state index contributed by atoms with van der Waals surface area (Å²) < 4.78 is 6.24. The molecule has 2 aromatic rings. The van der Waals surface area contributed by atoms with E-state index in [-0.39, 0.29) is 22.1 Å². The summed E-state index contributed by atoms with van der Waals surface area (Å²) in [7, 11) is -1.77. The maximum absolute atomic E-state index is 12.5. The van der Waals surface area contributed by atoms with E-state index in [0.29, 0.717) is 28.5 Å². The number of nitrogens with one attached hydrogen (secondary N) is 1. The molecule has 0 radical (unpaired) electrons. The van der Waals surface area contributed by atoms with Crippen molar-refractivity contribution in [3.63, 3.8) is 0 Å². The second-order valence-corrected chi connectivity index (χ2v) is 14.5. The third kappa shape index (κ3) is 4.92. The number of amides is 1. The number of carboxylic acid groups (broad SMARTS) is 1. The summed E-state index contributed by atoms with van der Waals surface area (Å²) in [5.41, 5.74) is 3.28. The molecule has 1 aliphatic rings. The van der Waals surface area contributed by atoms with Gasteiger partial charge < -0.3 is 14.8 Å². The van der Waals surface area contributed by atoms with Crippen molar-refractivity contribution in [2.24, 2.45) is 0 Å². The molecule has 1 heterocycles. The van der Waals surface area contributed by atoms with Gasteiger partial charge in [-0.3, -0.25) is 4.79 Å². The first kappa shape index (κ1) is 23.3. The summed E-state index contributed by atoms with van der Waals surface area (Å²) in [5.74, 6) is -1.39. The number of rotatable bonds is 6. The first-order valence-electron chi connectivity index (χ1n) is 10.2. The molecule has 2 aromatic carbocycles. The lowest BCUT2D eigenvalue weighted by Crippen LogP contribution is -2.41. The number of fused-ring (bicyclic) bond motifs is 1. The summed E-state index contributed by atoms with van der Waals surface area (Å²) in [6.07, 6.45) is 0.798. The van der Waals surface area contributed by atoms with E-state index in [0.717, 1.165) is 12.0 Å². The van der Waals surface area contributed by atoms with Gasteiger partial charge in [-0.2, -0.15) is 0 Å². The molecule has 0 saturated heterocycles. The number of carbonyl (C=O) groups excluding carboxylic acids is 1. The highest BCUT2D eigenvalue weighted by Gasteiger charge is 2.36. The second kappa shape index (κ2) is 8.61. The van der Waals surface area contributed by atoms with Gasteiger partial charge in [0.15, 0.2) is 8.32 Å². The molecule has 5 nitrogen and oxygen atoms in total. The standard InChI is InChI=1S/C24H28ClNO4Si/c1-24(2,3)31(4,5)30-13-12-15-6-8-16(9-7-15)21(25)20-18-14-17(23(28)29)10-11-19(18)26-22(20)27/h6-11,14H,12-13H2,1-5H3,(H,26,27)(H,28,29)/b21-20-. The largest absolute Gasteiger partial charge is 0.478 e. The zero-order chi connectivity index (χ0) is 23.0. The van der Waals surface area contributed by atoms with Crippen LogP contribution >= 0.6 is 11.6 Å². The van der Waals surface area contributed by atoms with Crippen LogP contribution < -0.4 is 5.32 Å². The van der Waals surface area contributed by atoms with Gasteiger partial charge in [0, 0.05) is 17.9 Å². The summed E-state index contributed by atoms with van der Waals surface area (Å²) in [4.78, 5) is 23.8. The Kier molecular flexibility index (Phi) is 6.46. The lowest BCUT2D eigenvalue weighted by Gasteiger charge is -2.36. The van der Waals surface area contributed by atoms with E-state index in [1.165, 1.54) is 12.1 Å². The van der Waals surface area contributed by atoms with Crippen LogP contribution in [0, 0.1) is 0 Å². The Hall–Kier alpha value is -2.41. The molecule has 0 unspecified atom stereocenters. The minimum Gasteiger partial charge on any atom is -0.478 e. The van der Waals surface area contributed by atoms with E-state index in [4.69, 9.17) is 16.0 Å². The molecular weight excluding hydrogens is 430 g/mol. The van der Waals surface area contributed by atoms with Crippen molar-refractivity contribution >= 4 is 48.1 Å². The Labute approximate surface area is 189 Å². The van der Waals surface area contributed by atoms with Crippen LogP contribution in [0.4, 0.5) is 5.69 Å². The average molecular weight is 458 g/mol. The Balaban J connectivity index is 1.79. The van der Waals surface area contributed by atoms with Crippen LogP contribution in [-0.2, 0) is 15.6 Å². The molecule has 0 aliphatic carbocycles. The van der Waals surface area contributed by atoms with Gasteiger partial charge in [-0.1, -0.05) is 56.6 Å². The molecule has 1 aliphatic heterocycles. The molecule has 0 spiro atoms. The van der Waals surface area contributed by atoms with E-state index in [1.54, 1.807) is 6.07 Å². The van der Waals surface area contributed by atoms with E-state index < -0.39 is 14.3 Å². The number of carbonyl (C=O) groups is 2. The van der Waals surface area contributed by atoms with E-state index in [9.17, 15) is 14.7 Å². The number of aromatic carboxylic acids is 1. The first-order chi connectivity index (χ1) is 14.4. The first-order valence-corrected chi connectivity index (χ1v) is 13.5. The van der Waals surface area contributed by atoms with Gasteiger partial charge in [-0.25, -0.2) is 4.79 Å². The van der Waals surface area contributed by atoms with Crippen molar-refractivity contribution < 1.29 is 19.1 Å². The van der Waals surface area contributed by atoms with E-state index >= 15 is 0 Å². The molecule has 0 saturated carbocycles. The highest BCUT2D eigenvalue weighted by molar-refractivity contribution is 6.74. The molecule has 7 heteroatoms. The van der Waals surface area contributed by atoms with E-state index in [1.807, 2.05) is 24.3 Å². The molecule has 0 bridgehead atoms. The smallest absolute Gasteiger partial charge is 0.335 e. The summed E-state index contributed by atoms with van der Waals surface area (Å²) in [6, 6.07) is 12.2. The fourth-order valence-electron chi connectivity index (χ4n) is 3.12. The molecule has 0 atom stereocenters. The van der Waals surface area contributed by atoms with Gasteiger partial charge in [0.2, 0.25) is 0 Å². The quantitative estimate of drug-likeness (QED) is 0.411. The lowest BCUT2D eigenvalue weighted by molar-refractivity contribution is -0.110. The third-order valence-electron chi connectivity index (χ3n) is 6.10. The molecular formula is C24H28ClNO4Si. The van der Waals surface area contributed by atoms with Gasteiger partial charge in [-0.15, -0.1) is 0 Å². The Bertz CT molecular complexity index is 1050. The van der Waals surface area contributed by atoms with Gasteiger partial charge in [0.1, 0.15) is 0 Å². The predicted octanol–water partition coefficient (Wildman–Crippen LogP) is 6.01.